The van der Waals surface area contributed by atoms with Crippen LogP contribution in [0.1, 0.15) is 58.4 Å². The van der Waals surface area contributed by atoms with E-state index in [1.807, 2.05) is 6.08 Å². The molecule has 0 spiro atoms. The Morgan fingerprint density at radius 2 is 2.00 bits per heavy atom. The molecular weight excluding hydrogens is 342 g/mol. The normalized spacial score (nSPS) is 26.1. The van der Waals surface area contributed by atoms with Gasteiger partial charge in [-0.15, -0.1) is 0 Å². The van der Waals surface area contributed by atoms with Gasteiger partial charge in [0, 0.05) is 23.9 Å². The molecule has 0 unspecified atom stereocenters. The average Bonchev–Trinajstić information content (AvgIpc) is 2.70. The number of hydrogen-bond donors (Lipinski definition) is 1. The van der Waals surface area contributed by atoms with E-state index in [1.165, 1.54) is 18.4 Å². The Hall–Kier alpha value is -1.80. The third kappa shape index (κ3) is 5.38. The van der Waals surface area contributed by atoms with E-state index in [-0.39, 0.29) is 5.41 Å². The van der Waals surface area contributed by atoms with Gasteiger partial charge in [-0.25, -0.2) is 0 Å². The molecule has 1 aliphatic carbocycles. The molecule has 0 radical (unpaired) electrons. The highest BCUT2D eigenvalue weighted by molar-refractivity contribution is 5.30. The van der Waals surface area contributed by atoms with Crippen LogP contribution in [0.4, 0.5) is 0 Å². The van der Waals surface area contributed by atoms with Gasteiger partial charge < -0.3 is 10.0 Å². The highest BCUT2D eigenvalue weighted by atomic mass is 16.3. The molecule has 0 bridgehead atoms. The van der Waals surface area contributed by atoms with Gasteiger partial charge in [-0.2, -0.15) is 0 Å². The van der Waals surface area contributed by atoms with Crippen LogP contribution in [0.2, 0.25) is 0 Å². The van der Waals surface area contributed by atoms with Crippen molar-refractivity contribution in [1.82, 2.24) is 4.90 Å². The number of aliphatic hydroxyl groups is 1. The van der Waals surface area contributed by atoms with E-state index < -0.39 is 0 Å². The molecule has 0 amide bonds. The van der Waals surface area contributed by atoms with Gasteiger partial charge in [0.05, 0.1) is 5.76 Å². The first-order valence-corrected chi connectivity index (χ1v) is 10.9. The second-order valence-corrected chi connectivity index (χ2v) is 8.36. The van der Waals surface area contributed by atoms with Crippen LogP contribution in [0.5, 0.6) is 0 Å². The predicted octanol–water partition coefficient (Wildman–Crippen LogP) is 6.71. The molecule has 0 aliphatic heterocycles. The first kappa shape index (κ1) is 22.5. The fraction of sp³-hybridized carbons (Fsp3) is 0.538. The molecule has 2 nitrogen and oxygen atoms in total. The molecule has 1 aromatic carbocycles. The Bertz CT molecular complexity index is 671. The van der Waals surface area contributed by atoms with E-state index in [0.29, 0.717) is 17.7 Å². The standard InChI is InChI=1S/C26H39NO/c1-6-8-15-24-25(27(5)19-17-23-13-10-9-11-14-23)16-12-18-26(24,7-2)21(3)20-22(4)28/h8-11,13-15,20,24-25,28H,3,6-7,12,16-19H2,1-2,4-5H3/b15-8-,22-20+/t24-,25-,26+/m1/s1. The maximum atomic E-state index is 9.88. The van der Waals surface area contributed by atoms with Crippen molar-refractivity contribution < 1.29 is 5.11 Å². The Kier molecular flexibility index (Phi) is 8.57. The second-order valence-electron chi connectivity index (χ2n) is 8.36. The fourth-order valence-electron chi connectivity index (χ4n) is 4.96. The summed E-state index contributed by atoms with van der Waals surface area (Å²) in [6.45, 7) is 11.7. The molecule has 2 heteroatoms. The lowest BCUT2D eigenvalue weighted by Crippen LogP contribution is -2.49. The molecule has 3 atom stereocenters. The summed E-state index contributed by atoms with van der Waals surface area (Å²) in [5.74, 6) is 0.783. The Balaban J connectivity index is 2.27. The minimum Gasteiger partial charge on any atom is -0.513 e. The molecule has 0 saturated heterocycles. The summed E-state index contributed by atoms with van der Waals surface area (Å²) in [6, 6.07) is 11.3. The van der Waals surface area contributed by atoms with Crippen molar-refractivity contribution in [2.45, 2.75) is 65.3 Å². The number of rotatable bonds is 9. The maximum Gasteiger partial charge on any atom is 0.0894 e. The summed E-state index contributed by atoms with van der Waals surface area (Å²) in [5.41, 5.74) is 2.51. The van der Waals surface area contributed by atoms with Gasteiger partial charge in [0.2, 0.25) is 0 Å². The summed E-state index contributed by atoms with van der Waals surface area (Å²) in [5, 5.41) is 9.88. The van der Waals surface area contributed by atoms with Crippen LogP contribution in [-0.4, -0.2) is 29.6 Å². The van der Waals surface area contributed by atoms with Crippen molar-refractivity contribution in [2.75, 3.05) is 13.6 Å². The molecule has 1 saturated carbocycles. The molecule has 1 aromatic rings. The van der Waals surface area contributed by atoms with E-state index in [2.05, 4.69) is 74.9 Å². The second kappa shape index (κ2) is 10.7. The van der Waals surface area contributed by atoms with Gasteiger partial charge in [0.15, 0.2) is 0 Å². The molecule has 1 fully saturated rings. The van der Waals surface area contributed by atoms with Gasteiger partial charge in [-0.1, -0.05) is 69.3 Å². The largest absolute Gasteiger partial charge is 0.513 e. The highest BCUT2D eigenvalue weighted by Crippen LogP contribution is 2.51. The third-order valence-electron chi connectivity index (χ3n) is 6.57. The Morgan fingerprint density at radius 3 is 2.61 bits per heavy atom. The van der Waals surface area contributed by atoms with Crippen LogP contribution < -0.4 is 0 Å². The zero-order chi connectivity index (χ0) is 20.6. The van der Waals surface area contributed by atoms with Crippen LogP contribution in [0, 0.1) is 11.3 Å². The molecule has 154 valence electrons. The SMILES string of the molecule is C=C(/C=C(\C)O)[C@]1(CC)CCC[C@@H](N(C)CCc2ccccc2)[C@H]1/C=C\CC. The molecule has 0 heterocycles. The Labute approximate surface area is 172 Å². The van der Waals surface area contributed by atoms with Crippen molar-refractivity contribution in [3.05, 3.63) is 72.0 Å². The summed E-state index contributed by atoms with van der Waals surface area (Å²) in [4.78, 5) is 2.56. The lowest BCUT2D eigenvalue weighted by molar-refractivity contribution is 0.0622. The van der Waals surface area contributed by atoms with Crippen LogP contribution >= 0.6 is 0 Å². The predicted molar refractivity (Wildman–Crippen MR) is 122 cm³/mol. The summed E-state index contributed by atoms with van der Waals surface area (Å²) in [6.07, 6.45) is 13.4. The smallest absolute Gasteiger partial charge is 0.0894 e. The minimum atomic E-state index is 0.0274. The monoisotopic (exact) mass is 381 g/mol. The molecule has 1 N–H and O–H groups in total. The summed E-state index contributed by atoms with van der Waals surface area (Å²) in [7, 11) is 2.28. The highest BCUT2D eigenvalue weighted by Gasteiger charge is 2.45. The molecule has 0 aromatic heterocycles. The lowest BCUT2D eigenvalue weighted by atomic mass is 9.58. The number of hydrogen-bond acceptors (Lipinski definition) is 2. The molecule has 2 rings (SSSR count). The van der Waals surface area contributed by atoms with Crippen molar-refractivity contribution in [2.24, 2.45) is 11.3 Å². The molecule has 1 aliphatic rings. The van der Waals surface area contributed by atoms with E-state index >= 15 is 0 Å². The third-order valence-corrected chi connectivity index (χ3v) is 6.57. The Morgan fingerprint density at radius 1 is 1.29 bits per heavy atom. The van der Waals surface area contributed by atoms with Gasteiger partial charge >= 0.3 is 0 Å². The number of aliphatic hydroxyl groups excluding tert-OH is 1. The van der Waals surface area contributed by atoms with E-state index in [9.17, 15) is 5.11 Å². The number of allylic oxidation sites excluding steroid dienone is 4. The summed E-state index contributed by atoms with van der Waals surface area (Å²) >= 11 is 0. The first-order chi connectivity index (χ1) is 13.4. The van der Waals surface area contributed by atoms with Crippen LogP contribution in [0.3, 0.4) is 0 Å². The molecule has 28 heavy (non-hydrogen) atoms. The first-order valence-electron chi connectivity index (χ1n) is 10.9. The average molecular weight is 382 g/mol. The number of nitrogens with zero attached hydrogens (tertiary/aromatic N) is 1. The lowest BCUT2D eigenvalue weighted by Gasteiger charge is -2.50. The zero-order valence-electron chi connectivity index (χ0n) is 18.3. The van der Waals surface area contributed by atoms with E-state index in [4.69, 9.17) is 0 Å². The van der Waals surface area contributed by atoms with Crippen LogP contribution in [-0.2, 0) is 6.42 Å². The zero-order valence-corrected chi connectivity index (χ0v) is 18.3. The van der Waals surface area contributed by atoms with Crippen molar-refractivity contribution in [3.8, 4) is 0 Å². The fourth-order valence-corrected chi connectivity index (χ4v) is 4.96. The number of likely N-dealkylation sites (N-methyl/N-ethyl adjacent to an activating group) is 1. The minimum absolute atomic E-state index is 0.0274. The van der Waals surface area contributed by atoms with Crippen molar-refractivity contribution in [3.63, 3.8) is 0 Å². The van der Waals surface area contributed by atoms with Crippen molar-refractivity contribution in [1.29, 1.82) is 0 Å². The van der Waals surface area contributed by atoms with E-state index in [1.54, 1.807) is 6.92 Å². The topological polar surface area (TPSA) is 23.5 Å². The van der Waals surface area contributed by atoms with E-state index in [0.717, 1.165) is 37.8 Å². The van der Waals surface area contributed by atoms with Gasteiger partial charge in [-0.3, -0.25) is 0 Å². The van der Waals surface area contributed by atoms with Crippen molar-refractivity contribution >= 4 is 0 Å². The van der Waals surface area contributed by atoms with Crippen LogP contribution in [0.25, 0.3) is 0 Å². The maximum absolute atomic E-state index is 9.88. The van der Waals surface area contributed by atoms with Gasteiger partial charge in [0.1, 0.15) is 0 Å². The van der Waals surface area contributed by atoms with Crippen LogP contribution in [0.15, 0.2) is 66.5 Å². The van der Waals surface area contributed by atoms with Gasteiger partial charge in [0.25, 0.3) is 0 Å². The summed E-state index contributed by atoms with van der Waals surface area (Å²) < 4.78 is 0. The van der Waals surface area contributed by atoms with Gasteiger partial charge in [-0.05, 0) is 63.3 Å². The quantitative estimate of drug-likeness (QED) is 0.292. The molecular formula is C26H39NO. The number of benzene rings is 1.